The van der Waals surface area contributed by atoms with Crippen molar-refractivity contribution in [2.75, 3.05) is 33.3 Å². The van der Waals surface area contributed by atoms with Crippen LogP contribution in [0.3, 0.4) is 0 Å². The molecule has 2 heterocycles. The molecule has 0 aliphatic carbocycles. The Kier molecular flexibility index (Phi) is 6.47. The van der Waals surface area contributed by atoms with E-state index >= 15 is 0 Å². The lowest BCUT2D eigenvalue weighted by molar-refractivity contribution is -0.0680. The van der Waals surface area contributed by atoms with E-state index in [1.807, 2.05) is 30.3 Å². The van der Waals surface area contributed by atoms with Gasteiger partial charge >= 0.3 is 0 Å². The molecule has 1 N–H and O–H groups in total. The summed E-state index contributed by atoms with van der Waals surface area (Å²) in [6, 6.07) is 9.65. The molecule has 1 aliphatic rings. The first kappa shape index (κ1) is 19.4. The Hall–Kier alpha value is -2.38. The van der Waals surface area contributed by atoms with E-state index in [0.717, 1.165) is 31.7 Å². The maximum Gasteiger partial charge on any atom is 0.275 e. The van der Waals surface area contributed by atoms with E-state index in [1.165, 1.54) is 0 Å². The largest absolute Gasteiger partial charge is 0.493 e. The molecule has 1 amide bonds. The minimum Gasteiger partial charge on any atom is -0.493 e. The van der Waals surface area contributed by atoms with Crippen molar-refractivity contribution in [2.24, 2.45) is 0 Å². The highest BCUT2D eigenvalue weighted by Gasteiger charge is 2.22. The maximum atomic E-state index is 12.5. The number of aromatic nitrogens is 2. The van der Waals surface area contributed by atoms with Gasteiger partial charge in [-0.15, -0.1) is 0 Å². The molecule has 2 unspecified atom stereocenters. The van der Waals surface area contributed by atoms with Gasteiger partial charge in [-0.05, 0) is 32.4 Å². The van der Waals surface area contributed by atoms with Crippen LogP contribution in [0.2, 0.25) is 0 Å². The van der Waals surface area contributed by atoms with E-state index < -0.39 is 0 Å². The SMILES string of the molecule is COc1cn(-c2ccccc2)nc1C(=O)NCCCN1CC(C)OC(C)C1. The molecule has 2 atom stereocenters. The zero-order valence-electron chi connectivity index (χ0n) is 16.2. The quantitative estimate of drug-likeness (QED) is 0.754. The highest BCUT2D eigenvalue weighted by atomic mass is 16.5. The highest BCUT2D eigenvalue weighted by Crippen LogP contribution is 2.19. The van der Waals surface area contributed by atoms with Crippen molar-refractivity contribution in [2.45, 2.75) is 32.5 Å². The Bertz CT molecular complexity index is 737. The second-order valence-electron chi connectivity index (χ2n) is 6.95. The Labute approximate surface area is 160 Å². The molecule has 2 aromatic rings. The molecule has 0 spiro atoms. The van der Waals surface area contributed by atoms with Crippen LogP contribution in [-0.2, 0) is 4.74 Å². The van der Waals surface area contributed by atoms with Crippen molar-refractivity contribution in [1.29, 1.82) is 0 Å². The van der Waals surface area contributed by atoms with Crippen molar-refractivity contribution < 1.29 is 14.3 Å². The molecule has 1 aromatic carbocycles. The smallest absolute Gasteiger partial charge is 0.275 e. The molecule has 7 heteroatoms. The van der Waals surface area contributed by atoms with Crippen LogP contribution in [0.1, 0.15) is 30.8 Å². The second-order valence-corrected chi connectivity index (χ2v) is 6.95. The van der Waals surface area contributed by atoms with Gasteiger partial charge in [-0.3, -0.25) is 9.69 Å². The summed E-state index contributed by atoms with van der Waals surface area (Å²) >= 11 is 0. The zero-order valence-corrected chi connectivity index (χ0v) is 16.2. The first-order chi connectivity index (χ1) is 13.1. The van der Waals surface area contributed by atoms with Crippen LogP contribution in [0.5, 0.6) is 5.75 Å². The fourth-order valence-corrected chi connectivity index (χ4v) is 3.43. The predicted molar refractivity (Wildman–Crippen MR) is 104 cm³/mol. The molecule has 0 saturated carbocycles. The minimum absolute atomic E-state index is 0.217. The van der Waals surface area contributed by atoms with Crippen LogP contribution in [0.25, 0.3) is 5.69 Å². The van der Waals surface area contributed by atoms with Gasteiger partial charge in [-0.1, -0.05) is 18.2 Å². The van der Waals surface area contributed by atoms with Gasteiger partial charge in [0, 0.05) is 26.2 Å². The van der Waals surface area contributed by atoms with Crippen LogP contribution < -0.4 is 10.1 Å². The van der Waals surface area contributed by atoms with E-state index in [2.05, 4.69) is 29.2 Å². The van der Waals surface area contributed by atoms with Gasteiger partial charge in [-0.25, -0.2) is 4.68 Å². The lowest BCUT2D eigenvalue weighted by atomic mass is 10.2. The average molecular weight is 372 g/mol. The van der Waals surface area contributed by atoms with Gasteiger partial charge < -0.3 is 14.8 Å². The summed E-state index contributed by atoms with van der Waals surface area (Å²) in [6.45, 7) is 7.61. The fraction of sp³-hybridized carbons (Fsp3) is 0.500. The van der Waals surface area contributed by atoms with Crippen LogP contribution >= 0.6 is 0 Å². The number of hydrogen-bond donors (Lipinski definition) is 1. The summed E-state index contributed by atoms with van der Waals surface area (Å²) in [4.78, 5) is 14.9. The lowest BCUT2D eigenvalue weighted by Gasteiger charge is -2.35. The second kappa shape index (κ2) is 9.01. The summed E-state index contributed by atoms with van der Waals surface area (Å²) in [5.41, 5.74) is 1.18. The Balaban J connectivity index is 1.53. The molecule has 3 rings (SSSR count). The highest BCUT2D eigenvalue weighted by molar-refractivity contribution is 5.94. The maximum absolute atomic E-state index is 12.5. The van der Waals surface area contributed by atoms with Crippen LogP contribution in [0, 0.1) is 0 Å². The Morgan fingerprint density at radius 1 is 1.26 bits per heavy atom. The number of hydrogen-bond acceptors (Lipinski definition) is 5. The minimum atomic E-state index is -0.217. The number of carbonyl (C=O) groups excluding carboxylic acids is 1. The molecule has 0 radical (unpaired) electrons. The van der Waals surface area contributed by atoms with Crippen LogP contribution in [-0.4, -0.2) is 66.1 Å². The van der Waals surface area contributed by atoms with Gasteiger partial charge in [0.15, 0.2) is 11.4 Å². The number of ether oxygens (including phenoxy) is 2. The van der Waals surface area contributed by atoms with Crippen molar-refractivity contribution in [3.05, 3.63) is 42.2 Å². The first-order valence-corrected chi connectivity index (χ1v) is 9.42. The van der Waals surface area contributed by atoms with E-state index in [0.29, 0.717) is 18.0 Å². The summed E-state index contributed by atoms with van der Waals surface area (Å²) in [5, 5.41) is 7.34. The Morgan fingerprint density at radius 2 is 1.96 bits per heavy atom. The number of nitrogens with one attached hydrogen (secondary N) is 1. The topological polar surface area (TPSA) is 68.6 Å². The van der Waals surface area contributed by atoms with E-state index in [-0.39, 0.29) is 18.1 Å². The number of methoxy groups -OCH3 is 1. The van der Waals surface area contributed by atoms with Crippen LogP contribution in [0.15, 0.2) is 36.5 Å². The lowest BCUT2D eigenvalue weighted by Crippen LogP contribution is -2.46. The van der Waals surface area contributed by atoms with Gasteiger partial charge in [0.1, 0.15) is 0 Å². The molecule has 27 heavy (non-hydrogen) atoms. The molecule has 0 bridgehead atoms. The van der Waals surface area contributed by atoms with Crippen molar-refractivity contribution >= 4 is 5.91 Å². The number of nitrogens with zero attached hydrogens (tertiary/aromatic N) is 3. The molecule has 1 fully saturated rings. The number of para-hydroxylation sites is 1. The fourth-order valence-electron chi connectivity index (χ4n) is 3.43. The van der Waals surface area contributed by atoms with Crippen LogP contribution in [0.4, 0.5) is 0 Å². The third-order valence-corrected chi connectivity index (χ3v) is 4.57. The number of amides is 1. The molecule has 146 valence electrons. The van der Waals surface area contributed by atoms with Gasteiger partial charge in [-0.2, -0.15) is 5.10 Å². The van der Waals surface area contributed by atoms with Gasteiger partial charge in [0.05, 0.1) is 31.2 Å². The molecule has 1 aromatic heterocycles. The zero-order chi connectivity index (χ0) is 19.2. The van der Waals surface area contributed by atoms with Crippen molar-refractivity contribution in [1.82, 2.24) is 20.0 Å². The van der Waals surface area contributed by atoms with Gasteiger partial charge in [0.2, 0.25) is 0 Å². The third kappa shape index (κ3) is 5.08. The molecule has 1 aliphatic heterocycles. The number of benzene rings is 1. The number of rotatable bonds is 7. The molecule has 7 nitrogen and oxygen atoms in total. The summed E-state index contributed by atoms with van der Waals surface area (Å²) < 4.78 is 12.7. The average Bonchev–Trinajstić information content (AvgIpc) is 3.10. The van der Waals surface area contributed by atoms with E-state index in [1.54, 1.807) is 18.0 Å². The summed E-state index contributed by atoms with van der Waals surface area (Å²) in [5.74, 6) is 0.248. The van der Waals surface area contributed by atoms with E-state index in [4.69, 9.17) is 9.47 Å². The normalized spacial score (nSPS) is 20.4. The predicted octanol–water partition coefficient (Wildman–Crippen LogP) is 2.11. The molecule has 1 saturated heterocycles. The Morgan fingerprint density at radius 3 is 2.63 bits per heavy atom. The van der Waals surface area contributed by atoms with Crippen molar-refractivity contribution in [3.8, 4) is 11.4 Å². The van der Waals surface area contributed by atoms with Crippen molar-refractivity contribution in [3.63, 3.8) is 0 Å². The third-order valence-electron chi connectivity index (χ3n) is 4.57. The number of carbonyl (C=O) groups is 1. The summed E-state index contributed by atoms with van der Waals surface area (Å²) in [6.07, 6.45) is 3.12. The standard InChI is InChI=1S/C20H28N4O3/c1-15-12-23(13-16(2)27-15)11-7-10-21-20(25)19-18(26-3)14-24(22-19)17-8-5-4-6-9-17/h4-6,8-9,14-16H,7,10-13H2,1-3H3,(H,21,25). The molecular formula is C20H28N4O3. The van der Waals surface area contributed by atoms with E-state index in [9.17, 15) is 4.79 Å². The van der Waals surface area contributed by atoms with Gasteiger partial charge in [0.25, 0.3) is 5.91 Å². The molecular weight excluding hydrogens is 344 g/mol. The number of morpholine rings is 1. The first-order valence-electron chi connectivity index (χ1n) is 9.42. The monoisotopic (exact) mass is 372 g/mol. The summed E-state index contributed by atoms with van der Waals surface area (Å²) in [7, 11) is 1.55.